The number of allylic oxidation sites excluding steroid dienone is 1. The highest BCUT2D eigenvalue weighted by molar-refractivity contribution is 6.11. The quantitative estimate of drug-likeness (QED) is 0.607. The fraction of sp³-hybridized carbons (Fsp3) is 0.304. The lowest BCUT2D eigenvalue weighted by molar-refractivity contribution is -0.151. The van der Waals surface area contributed by atoms with E-state index in [-0.39, 0.29) is 17.7 Å². The van der Waals surface area contributed by atoms with E-state index in [4.69, 9.17) is 4.74 Å². The first-order valence-corrected chi connectivity index (χ1v) is 9.54. The highest BCUT2D eigenvalue weighted by Gasteiger charge is 2.44. The summed E-state index contributed by atoms with van der Waals surface area (Å²) in [4.78, 5) is 25.9. The molecule has 0 saturated heterocycles. The van der Waals surface area contributed by atoms with Crippen LogP contribution in [0.1, 0.15) is 30.5 Å². The number of aryl methyl sites for hydroxylation is 1. The molecule has 144 valence electrons. The third-order valence-electron chi connectivity index (χ3n) is 5.72. The van der Waals surface area contributed by atoms with Gasteiger partial charge in [0.15, 0.2) is 5.78 Å². The van der Waals surface area contributed by atoms with Gasteiger partial charge in [0.1, 0.15) is 5.92 Å². The van der Waals surface area contributed by atoms with Crippen molar-refractivity contribution in [1.82, 2.24) is 0 Å². The maximum atomic E-state index is 13.5. The molecule has 3 atom stereocenters. The molecule has 2 aromatic carbocycles. The van der Waals surface area contributed by atoms with Crippen molar-refractivity contribution in [3.05, 3.63) is 70.9 Å². The minimum Gasteiger partial charge on any atom is -0.468 e. The summed E-state index contributed by atoms with van der Waals surface area (Å²) in [5.41, 5.74) is 5.48. The van der Waals surface area contributed by atoms with Gasteiger partial charge in [-0.25, -0.2) is 0 Å². The van der Waals surface area contributed by atoms with Crippen LogP contribution in [0.3, 0.4) is 0 Å². The molecule has 5 heteroatoms. The Kier molecular flexibility index (Phi) is 4.67. The van der Waals surface area contributed by atoms with Gasteiger partial charge in [-0.05, 0) is 42.5 Å². The molecule has 0 spiro atoms. The number of carbonyl (C=O) groups is 2. The number of hydrogen-bond donors (Lipinski definition) is 2. The van der Waals surface area contributed by atoms with Gasteiger partial charge in [-0.2, -0.15) is 0 Å². The largest absolute Gasteiger partial charge is 0.468 e. The molecule has 0 saturated carbocycles. The third kappa shape index (κ3) is 2.97. The monoisotopic (exact) mass is 376 g/mol. The topological polar surface area (TPSA) is 67.4 Å². The van der Waals surface area contributed by atoms with Crippen LogP contribution in [0.2, 0.25) is 0 Å². The zero-order valence-corrected chi connectivity index (χ0v) is 16.3. The summed E-state index contributed by atoms with van der Waals surface area (Å²) in [5, 5.41) is 7.01. The average Bonchev–Trinajstić information content (AvgIpc) is 2.84. The number of fused-ring (bicyclic) bond motifs is 1. The number of para-hydroxylation sites is 2. The smallest absolute Gasteiger partial charge is 0.316 e. The second-order valence-corrected chi connectivity index (χ2v) is 7.54. The zero-order valence-electron chi connectivity index (χ0n) is 16.3. The third-order valence-corrected chi connectivity index (χ3v) is 5.72. The van der Waals surface area contributed by atoms with Crippen LogP contribution in [0.15, 0.2) is 59.8 Å². The Balaban J connectivity index is 1.90. The summed E-state index contributed by atoms with van der Waals surface area (Å²) in [6, 6.07) is 15.6. The van der Waals surface area contributed by atoms with Crippen molar-refractivity contribution in [1.29, 1.82) is 0 Å². The number of benzene rings is 2. The van der Waals surface area contributed by atoms with E-state index in [0.717, 1.165) is 28.2 Å². The van der Waals surface area contributed by atoms with E-state index in [1.807, 2.05) is 62.4 Å². The highest BCUT2D eigenvalue weighted by atomic mass is 16.5. The van der Waals surface area contributed by atoms with Crippen LogP contribution >= 0.6 is 0 Å². The minimum atomic E-state index is -0.778. The van der Waals surface area contributed by atoms with Crippen molar-refractivity contribution in [3.63, 3.8) is 0 Å². The van der Waals surface area contributed by atoms with Crippen molar-refractivity contribution in [2.75, 3.05) is 17.7 Å². The fourth-order valence-electron chi connectivity index (χ4n) is 4.28. The summed E-state index contributed by atoms with van der Waals surface area (Å²) < 4.78 is 4.94. The molecule has 0 amide bonds. The van der Waals surface area contributed by atoms with Crippen molar-refractivity contribution < 1.29 is 14.3 Å². The second-order valence-electron chi connectivity index (χ2n) is 7.54. The van der Waals surface area contributed by atoms with Gasteiger partial charge in [0.05, 0.1) is 24.5 Å². The van der Waals surface area contributed by atoms with Crippen molar-refractivity contribution in [3.8, 4) is 0 Å². The van der Waals surface area contributed by atoms with E-state index in [0.29, 0.717) is 12.0 Å². The Hall–Kier alpha value is -3.08. The number of anilines is 2. The van der Waals surface area contributed by atoms with Gasteiger partial charge in [-0.15, -0.1) is 0 Å². The van der Waals surface area contributed by atoms with Crippen LogP contribution in [0.5, 0.6) is 0 Å². The number of nitrogens with one attached hydrogen (secondary N) is 2. The Morgan fingerprint density at radius 1 is 1.07 bits per heavy atom. The fourth-order valence-corrected chi connectivity index (χ4v) is 4.28. The lowest BCUT2D eigenvalue weighted by Gasteiger charge is -2.32. The molecule has 0 bridgehead atoms. The standard InChI is InChI=1S/C23H24N2O3/c1-13-8-4-5-9-15(13)21-20-18(24-16-10-6-7-11-17(16)25-21)12-14(2)19(22(20)26)23(27)28-3/h4-11,14,19,21,24-25H,12H2,1-3H3/t14-,19-,21-/m1/s1. The Morgan fingerprint density at radius 2 is 1.75 bits per heavy atom. The van der Waals surface area contributed by atoms with Crippen LogP contribution in [0.25, 0.3) is 0 Å². The number of rotatable bonds is 2. The average molecular weight is 376 g/mol. The first-order valence-electron chi connectivity index (χ1n) is 9.54. The normalized spacial score (nSPS) is 23.7. The second kappa shape index (κ2) is 7.15. The SMILES string of the molecule is COC(=O)[C@H]1C(=O)C2=C(C[C@H]1C)Nc1ccccc1N[C@@H]2c1ccccc1C. The van der Waals surface area contributed by atoms with E-state index < -0.39 is 11.9 Å². The summed E-state index contributed by atoms with van der Waals surface area (Å²) >= 11 is 0. The maximum Gasteiger partial charge on any atom is 0.316 e. The Morgan fingerprint density at radius 3 is 2.46 bits per heavy atom. The number of ketones is 1. The predicted octanol–water partition coefficient (Wildman–Crippen LogP) is 4.23. The molecular formula is C23H24N2O3. The van der Waals surface area contributed by atoms with Gasteiger partial charge < -0.3 is 15.4 Å². The minimum absolute atomic E-state index is 0.131. The molecule has 28 heavy (non-hydrogen) atoms. The Bertz CT molecular complexity index is 979. The maximum absolute atomic E-state index is 13.5. The van der Waals surface area contributed by atoms with Crippen LogP contribution in [-0.2, 0) is 14.3 Å². The molecule has 1 aliphatic heterocycles. The number of Topliss-reactive ketones (excluding diaryl/α,β-unsaturated/α-hetero) is 1. The van der Waals surface area contributed by atoms with E-state index >= 15 is 0 Å². The lowest BCUT2D eigenvalue weighted by atomic mass is 9.74. The number of hydrogen-bond acceptors (Lipinski definition) is 5. The first kappa shape index (κ1) is 18.3. The molecule has 2 aliphatic rings. The molecule has 1 heterocycles. The van der Waals surface area contributed by atoms with Gasteiger partial charge in [-0.3, -0.25) is 9.59 Å². The molecule has 2 N–H and O–H groups in total. The number of methoxy groups -OCH3 is 1. The predicted molar refractivity (Wildman–Crippen MR) is 109 cm³/mol. The van der Waals surface area contributed by atoms with Crippen molar-refractivity contribution in [2.24, 2.45) is 11.8 Å². The molecule has 1 aliphatic carbocycles. The molecule has 0 radical (unpaired) electrons. The Labute approximate surface area is 164 Å². The molecule has 4 rings (SSSR count). The van der Waals surface area contributed by atoms with Gasteiger partial charge in [0, 0.05) is 11.3 Å². The lowest BCUT2D eigenvalue weighted by Crippen LogP contribution is -2.39. The van der Waals surface area contributed by atoms with Crippen LogP contribution in [0, 0.1) is 18.8 Å². The van der Waals surface area contributed by atoms with E-state index in [9.17, 15) is 9.59 Å². The molecule has 2 aromatic rings. The summed E-state index contributed by atoms with van der Waals surface area (Å²) in [5.74, 6) is -1.54. The van der Waals surface area contributed by atoms with E-state index in [1.165, 1.54) is 7.11 Å². The van der Waals surface area contributed by atoms with Gasteiger partial charge >= 0.3 is 5.97 Å². The summed E-state index contributed by atoms with van der Waals surface area (Å²) in [6.07, 6.45) is 0.610. The molecular weight excluding hydrogens is 352 g/mol. The summed E-state index contributed by atoms with van der Waals surface area (Å²) in [7, 11) is 1.34. The van der Waals surface area contributed by atoms with Crippen molar-refractivity contribution >= 4 is 23.1 Å². The van der Waals surface area contributed by atoms with Gasteiger partial charge in [0.2, 0.25) is 0 Å². The number of ether oxygens (including phenoxy) is 1. The molecule has 5 nitrogen and oxygen atoms in total. The van der Waals surface area contributed by atoms with Crippen molar-refractivity contribution in [2.45, 2.75) is 26.3 Å². The number of carbonyl (C=O) groups excluding carboxylic acids is 2. The van der Waals surface area contributed by atoms with Crippen LogP contribution < -0.4 is 10.6 Å². The zero-order chi connectivity index (χ0) is 19.8. The van der Waals surface area contributed by atoms with Crippen LogP contribution in [0.4, 0.5) is 11.4 Å². The first-order chi connectivity index (χ1) is 13.5. The van der Waals surface area contributed by atoms with Crippen LogP contribution in [-0.4, -0.2) is 18.9 Å². The van der Waals surface area contributed by atoms with Gasteiger partial charge in [-0.1, -0.05) is 43.3 Å². The highest BCUT2D eigenvalue weighted by Crippen LogP contribution is 2.44. The van der Waals surface area contributed by atoms with Gasteiger partial charge in [0.25, 0.3) is 0 Å². The summed E-state index contributed by atoms with van der Waals surface area (Å²) in [6.45, 7) is 3.97. The molecule has 0 unspecified atom stereocenters. The molecule has 0 fully saturated rings. The van der Waals surface area contributed by atoms with E-state index in [2.05, 4.69) is 10.6 Å². The number of esters is 1. The van der Waals surface area contributed by atoms with E-state index in [1.54, 1.807) is 0 Å². The molecule has 0 aromatic heterocycles.